The molecular weight excluding hydrogens is 338 g/mol. The van der Waals surface area contributed by atoms with Gasteiger partial charge < -0.3 is 14.6 Å². The van der Waals surface area contributed by atoms with Gasteiger partial charge in [-0.05, 0) is 30.2 Å². The molecule has 0 bridgehead atoms. The van der Waals surface area contributed by atoms with Crippen LogP contribution in [0.5, 0.6) is 5.75 Å². The maximum absolute atomic E-state index is 12.8. The largest absolute Gasteiger partial charge is 0.496 e. The lowest BCUT2D eigenvalue weighted by atomic mass is 10.1. The lowest BCUT2D eigenvalue weighted by Gasteiger charge is -2.35. The first-order valence-corrected chi connectivity index (χ1v) is 9.46. The molecule has 0 atom stereocenters. The summed E-state index contributed by atoms with van der Waals surface area (Å²) in [4.78, 5) is 20.5. The zero-order chi connectivity index (χ0) is 18.6. The number of methoxy groups -OCH3 is 1. The number of ether oxygens (including phenoxy) is 1. The number of nitrogens with one attached hydrogen (secondary N) is 1. The van der Waals surface area contributed by atoms with Gasteiger partial charge in [-0.25, -0.2) is 0 Å². The smallest absolute Gasteiger partial charge is 0.257 e. The van der Waals surface area contributed by atoms with Crippen molar-refractivity contribution in [3.8, 4) is 5.75 Å². The van der Waals surface area contributed by atoms with Crippen LogP contribution in [0.3, 0.4) is 0 Å². The quantitative estimate of drug-likeness (QED) is 0.757. The van der Waals surface area contributed by atoms with Gasteiger partial charge in [0, 0.05) is 49.8 Å². The van der Waals surface area contributed by atoms with Gasteiger partial charge in [0.2, 0.25) is 0 Å². The van der Waals surface area contributed by atoms with Gasteiger partial charge in [-0.1, -0.05) is 30.3 Å². The van der Waals surface area contributed by atoms with E-state index in [4.69, 9.17) is 4.74 Å². The number of aromatic nitrogens is 1. The third-order valence-electron chi connectivity index (χ3n) is 5.37. The minimum absolute atomic E-state index is 0.0590. The van der Waals surface area contributed by atoms with Crippen LogP contribution in [0, 0.1) is 0 Å². The van der Waals surface area contributed by atoms with E-state index in [0.29, 0.717) is 11.3 Å². The minimum Gasteiger partial charge on any atom is -0.496 e. The Morgan fingerprint density at radius 1 is 1.04 bits per heavy atom. The first-order chi connectivity index (χ1) is 13.3. The van der Waals surface area contributed by atoms with E-state index in [1.807, 2.05) is 29.2 Å². The van der Waals surface area contributed by atoms with Crippen molar-refractivity contribution in [1.82, 2.24) is 14.8 Å². The number of H-pyrrole nitrogens is 1. The summed E-state index contributed by atoms with van der Waals surface area (Å²) in [5, 5.41) is 1.31. The van der Waals surface area contributed by atoms with E-state index in [1.165, 1.54) is 16.5 Å². The Morgan fingerprint density at radius 3 is 2.59 bits per heavy atom. The Bertz CT molecular complexity index is 926. The molecule has 1 fully saturated rings. The van der Waals surface area contributed by atoms with Crippen LogP contribution in [0.4, 0.5) is 0 Å². The number of benzene rings is 2. The Balaban J connectivity index is 1.33. The third-order valence-corrected chi connectivity index (χ3v) is 5.37. The molecule has 0 spiro atoms. The number of aromatic amines is 1. The number of carbonyl (C=O) groups excluding carboxylic acids is 1. The average Bonchev–Trinajstić information content (AvgIpc) is 3.15. The fourth-order valence-electron chi connectivity index (χ4n) is 3.78. The zero-order valence-electron chi connectivity index (χ0n) is 15.6. The minimum atomic E-state index is 0.0590. The van der Waals surface area contributed by atoms with E-state index in [-0.39, 0.29) is 5.91 Å². The summed E-state index contributed by atoms with van der Waals surface area (Å²) in [6.45, 7) is 4.33. The lowest BCUT2D eigenvalue weighted by Crippen LogP contribution is -2.49. The van der Waals surface area contributed by atoms with Crippen LogP contribution in [0.2, 0.25) is 0 Å². The highest BCUT2D eigenvalue weighted by atomic mass is 16.5. The van der Waals surface area contributed by atoms with Gasteiger partial charge in [-0.3, -0.25) is 9.69 Å². The number of hydrogen-bond acceptors (Lipinski definition) is 3. The molecule has 27 heavy (non-hydrogen) atoms. The number of piperazine rings is 1. The molecule has 1 aliphatic heterocycles. The predicted octanol–water partition coefficient (Wildman–Crippen LogP) is 3.18. The summed E-state index contributed by atoms with van der Waals surface area (Å²) in [5.41, 5.74) is 3.20. The lowest BCUT2D eigenvalue weighted by molar-refractivity contribution is 0.0635. The van der Waals surface area contributed by atoms with E-state index in [0.717, 1.165) is 39.1 Å². The van der Waals surface area contributed by atoms with Crippen molar-refractivity contribution in [2.24, 2.45) is 0 Å². The first kappa shape index (κ1) is 17.6. The number of amides is 1. The Kier molecular flexibility index (Phi) is 5.12. The fourth-order valence-corrected chi connectivity index (χ4v) is 3.78. The molecule has 0 aliphatic carbocycles. The van der Waals surface area contributed by atoms with E-state index in [1.54, 1.807) is 7.11 Å². The van der Waals surface area contributed by atoms with Crippen LogP contribution < -0.4 is 4.74 Å². The van der Waals surface area contributed by atoms with Crippen LogP contribution in [-0.4, -0.2) is 60.5 Å². The van der Waals surface area contributed by atoms with Gasteiger partial charge in [-0.2, -0.15) is 0 Å². The number of carbonyl (C=O) groups is 1. The summed E-state index contributed by atoms with van der Waals surface area (Å²) in [6.07, 6.45) is 3.14. The molecule has 2 aromatic carbocycles. The molecular formula is C22H25N3O2. The molecule has 140 valence electrons. The standard InChI is InChI=1S/C22H25N3O2/c1-27-21-9-5-3-7-19(21)22(26)25-14-12-24(13-15-25)11-10-17-16-23-20-8-4-2-6-18(17)20/h2-9,16,23H,10-15H2,1H3. The van der Waals surface area contributed by atoms with E-state index in [9.17, 15) is 4.79 Å². The third kappa shape index (κ3) is 3.69. The maximum Gasteiger partial charge on any atom is 0.257 e. The molecule has 2 heterocycles. The molecule has 3 aromatic rings. The average molecular weight is 363 g/mol. The Morgan fingerprint density at radius 2 is 1.78 bits per heavy atom. The summed E-state index contributed by atoms with van der Waals surface area (Å²) < 4.78 is 5.33. The number of nitrogens with zero attached hydrogens (tertiary/aromatic N) is 2. The summed E-state index contributed by atoms with van der Waals surface area (Å²) in [7, 11) is 1.61. The van der Waals surface area contributed by atoms with Gasteiger partial charge >= 0.3 is 0 Å². The van der Waals surface area contributed by atoms with E-state index >= 15 is 0 Å². The molecule has 1 amide bonds. The summed E-state index contributed by atoms with van der Waals surface area (Å²) in [6, 6.07) is 15.9. The fraction of sp³-hybridized carbons (Fsp3) is 0.318. The topological polar surface area (TPSA) is 48.6 Å². The van der Waals surface area contributed by atoms with Gasteiger partial charge in [0.25, 0.3) is 5.91 Å². The molecule has 5 nitrogen and oxygen atoms in total. The molecule has 0 unspecified atom stereocenters. The monoisotopic (exact) mass is 363 g/mol. The van der Waals surface area contributed by atoms with Gasteiger partial charge in [-0.15, -0.1) is 0 Å². The van der Waals surface area contributed by atoms with Gasteiger partial charge in [0.1, 0.15) is 5.75 Å². The number of para-hydroxylation sites is 2. The van der Waals surface area contributed by atoms with E-state index in [2.05, 4.69) is 40.3 Å². The second-order valence-corrected chi connectivity index (χ2v) is 6.94. The molecule has 4 rings (SSSR count). The molecule has 5 heteroatoms. The Labute approximate surface area is 159 Å². The molecule has 1 aromatic heterocycles. The summed E-state index contributed by atoms with van der Waals surface area (Å²) >= 11 is 0. The second kappa shape index (κ2) is 7.84. The SMILES string of the molecule is COc1ccccc1C(=O)N1CCN(CCc2c[nH]c3ccccc23)CC1. The highest BCUT2D eigenvalue weighted by molar-refractivity contribution is 5.97. The van der Waals surface area contributed by atoms with Crippen LogP contribution in [-0.2, 0) is 6.42 Å². The molecule has 0 radical (unpaired) electrons. The van der Waals surface area contributed by atoms with Crippen LogP contribution in [0.1, 0.15) is 15.9 Å². The number of fused-ring (bicyclic) bond motifs is 1. The van der Waals surface area contributed by atoms with Gasteiger partial charge in [0.05, 0.1) is 12.7 Å². The van der Waals surface area contributed by atoms with Crippen molar-refractivity contribution in [3.63, 3.8) is 0 Å². The number of rotatable bonds is 5. The predicted molar refractivity (Wildman–Crippen MR) is 107 cm³/mol. The van der Waals surface area contributed by atoms with Crippen molar-refractivity contribution in [2.45, 2.75) is 6.42 Å². The normalized spacial score (nSPS) is 15.2. The van der Waals surface area contributed by atoms with E-state index < -0.39 is 0 Å². The highest BCUT2D eigenvalue weighted by Gasteiger charge is 2.24. The maximum atomic E-state index is 12.8. The van der Waals surface area contributed by atoms with Crippen molar-refractivity contribution < 1.29 is 9.53 Å². The van der Waals surface area contributed by atoms with Gasteiger partial charge in [0.15, 0.2) is 0 Å². The van der Waals surface area contributed by atoms with Crippen LogP contribution >= 0.6 is 0 Å². The highest BCUT2D eigenvalue weighted by Crippen LogP contribution is 2.21. The van der Waals surface area contributed by atoms with Crippen molar-refractivity contribution >= 4 is 16.8 Å². The van der Waals surface area contributed by atoms with Crippen molar-refractivity contribution in [1.29, 1.82) is 0 Å². The van der Waals surface area contributed by atoms with Crippen LogP contribution in [0.15, 0.2) is 54.7 Å². The van der Waals surface area contributed by atoms with Crippen molar-refractivity contribution in [2.75, 3.05) is 39.8 Å². The molecule has 0 saturated carbocycles. The van der Waals surface area contributed by atoms with Crippen LogP contribution in [0.25, 0.3) is 10.9 Å². The zero-order valence-corrected chi connectivity index (χ0v) is 15.6. The summed E-state index contributed by atoms with van der Waals surface area (Å²) in [5.74, 6) is 0.702. The second-order valence-electron chi connectivity index (χ2n) is 6.94. The number of hydrogen-bond donors (Lipinski definition) is 1. The molecule has 1 N–H and O–H groups in total. The Hall–Kier alpha value is -2.79. The molecule has 1 aliphatic rings. The van der Waals surface area contributed by atoms with Crippen molar-refractivity contribution in [3.05, 3.63) is 65.9 Å². The molecule has 1 saturated heterocycles. The first-order valence-electron chi connectivity index (χ1n) is 9.46.